The zero-order valence-electron chi connectivity index (χ0n) is 11.0. The fraction of sp³-hybridized carbons (Fsp3) is 0.214. The lowest BCUT2D eigenvalue weighted by Crippen LogP contribution is -2.25. The summed E-state index contributed by atoms with van der Waals surface area (Å²) in [5.41, 5.74) is 3.21. The molecule has 1 aliphatic rings. The van der Waals surface area contributed by atoms with Crippen LogP contribution in [0.5, 0.6) is 0 Å². The van der Waals surface area contributed by atoms with Crippen LogP contribution in [0.4, 0.5) is 11.4 Å². The van der Waals surface area contributed by atoms with Gasteiger partial charge >= 0.3 is 0 Å². The standard InChI is InChI=1S/C14H14N4O2/c1-9(19)18-5-4-10-6-12(2-3-13(10)18)17-14(20)11-7-15-16-8-11/h2-3,6-8H,4-5H2,1H3,(H,15,16)(H,17,20). The minimum Gasteiger partial charge on any atom is -0.322 e. The van der Waals surface area contributed by atoms with Crippen molar-refractivity contribution in [3.8, 4) is 0 Å². The number of aromatic nitrogens is 2. The average Bonchev–Trinajstić information content (AvgIpc) is 3.07. The molecule has 2 amide bonds. The van der Waals surface area contributed by atoms with Gasteiger partial charge in [0.15, 0.2) is 0 Å². The van der Waals surface area contributed by atoms with Crippen LogP contribution in [0.1, 0.15) is 22.8 Å². The van der Waals surface area contributed by atoms with Gasteiger partial charge in [-0.05, 0) is 30.2 Å². The minimum absolute atomic E-state index is 0.0407. The molecule has 0 fully saturated rings. The third kappa shape index (κ3) is 2.16. The molecule has 2 heterocycles. The lowest BCUT2D eigenvalue weighted by atomic mass is 10.1. The lowest BCUT2D eigenvalue weighted by molar-refractivity contribution is -0.116. The number of carbonyl (C=O) groups is 2. The van der Waals surface area contributed by atoms with Gasteiger partial charge in [0.1, 0.15) is 0 Å². The van der Waals surface area contributed by atoms with Crippen molar-refractivity contribution < 1.29 is 9.59 Å². The van der Waals surface area contributed by atoms with Gasteiger partial charge in [0, 0.05) is 31.0 Å². The number of fused-ring (bicyclic) bond motifs is 1. The van der Waals surface area contributed by atoms with Crippen molar-refractivity contribution in [2.45, 2.75) is 13.3 Å². The van der Waals surface area contributed by atoms with Crippen LogP contribution in [0.15, 0.2) is 30.6 Å². The van der Waals surface area contributed by atoms with Gasteiger partial charge in [-0.2, -0.15) is 5.10 Å². The number of nitrogens with one attached hydrogen (secondary N) is 2. The van der Waals surface area contributed by atoms with Gasteiger partial charge < -0.3 is 10.2 Å². The van der Waals surface area contributed by atoms with Crippen LogP contribution in [0.3, 0.4) is 0 Å². The summed E-state index contributed by atoms with van der Waals surface area (Å²) < 4.78 is 0. The molecule has 6 heteroatoms. The molecule has 0 radical (unpaired) electrons. The van der Waals surface area contributed by atoms with Gasteiger partial charge in [-0.1, -0.05) is 0 Å². The van der Waals surface area contributed by atoms with Crippen LogP contribution in [0.2, 0.25) is 0 Å². The highest BCUT2D eigenvalue weighted by atomic mass is 16.2. The van der Waals surface area contributed by atoms with E-state index in [2.05, 4.69) is 15.5 Å². The molecule has 2 aromatic rings. The van der Waals surface area contributed by atoms with Gasteiger partial charge in [0.25, 0.3) is 5.91 Å². The number of hydrogen-bond donors (Lipinski definition) is 2. The summed E-state index contributed by atoms with van der Waals surface area (Å²) in [7, 11) is 0. The maximum Gasteiger partial charge on any atom is 0.258 e. The van der Waals surface area contributed by atoms with E-state index in [0.717, 1.165) is 23.4 Å². The van der Waals surface area contributed by atoms with Gasteiger partial charge in [0.2, 0.25) is 5.91 Å². The molecule has 1 aromatic heterocycles. The highest BCUT2D eigenvalue weighted by molar-refractivity contribution is 6.04. The molecule has 20 heavy (non-hydrogen) atoms. The van der Waals surface area contributed by atoms with E-state index in [4.69, 9.17) is 0 Å². The second kappa shape index (κ2) is 4.80. The van der Waals surface area contributed by atoms with Crippen molar-refractivity contribution in [3.63, 3.8) is 0 Å². The summed E-state index contributed by atoms with van der Waals surface area (Å²) in [4.78, 5) is 25.1. The van der Waals surface area contributed by atoms with Gasteiger partial charge in [-0.15, -0.1) is 0 Å². The molecule has 0 atom stereocenters. The monoisotopic (exact) mass is 270 g/mol. The Bertz CT molecular complexity index is 664. The van der Waals surface area contributed by atoms with Crippen LogP contribution in [-0.4, -0.2) is 28.6 Å². The first-order chi connectivity index (χ1) is 9.65. The number of H-pyrrole nitrogens is 1. The zero-order chi connectivity index (χ0) is 14.1. The first-order valence-corrected chi connectivity index (χ1v) is 6.36. The molecular formula is C14H14N4O2. The van der Waals surface area contributed by atoms with Crippen molar-refractivity contribution in [1.29, 1.82) is 0 Å². The Morgan fingerprint density at radius 3 is 2.95 bits per heavy atom. The van der Waals surface area contributed by atoms with E-state index in [9.17, 15) is 9.59 Å². The number of nitrogens with zero attached hydrogens (tertiary/aromatic N) is 2. The molecule has 6 nitrogen and oxygen atoms in total. The van der Waals surface area contributed by atoms with Gasteiger partial charge in [-0.3, -0.25) is 14.7 Å². The SMILES string of the molecule is CC(=O)N1CCc2cc(NC(=O)c3cn[nH]c3)ccc21. The highest BCUT2D eigenvalue weighted by Crippen LogP contribution is 2.30. The van der Waals surface area contributed by atoms with E-state index in [1.165, 1.54) is 6.20 Å². The van der Waals surface area contributed by atoms with Gasteiger partial charge in [-0.25, -0.2) is 0 Å². The fourth-order valence-electron chi connectivity index (χ4n) is 2.38. The Hall–Kier alpha value is -2.63. The molecule has 3 rings (SSSR count). The lowest BCUT2D eigenvalue weighted by Gasteiger charge is -2.15. The van der Waals surface area contributed by atoms with Crippen molar-refractivity contribution in [1.82, 2.24) is 10.2 Å². The van der Waals surface area contributed by atoms with Crippen molar-refractivity contribution in [2.24, 2.45) is 0 Å². The van der Waals surface area contributed by atoms with E-state index in [1.807, 2.05) is 12.1 Å². The van der Waals surface area contributed by atoms with Crippen LogP contribution in [-0.2, 0) is 11.2 Å². The molecule has 1 aromatic carbocycles. The first kappa shape index (κ1) is 12.4. The van der Waals surface area contributed by atoms with Crippen LogP contribution in [0.25, 0.3) is 0 Å². The normalized spacial score (nSPS) is 13.2. The summed E-state index contributed by atoms with van der Waals surface area (Å²) in [6, 6.07) is 5.59. The Labute approximate surface area is 115 Å². The van der Waals surface area contributed by atoms with E-state index in [-0.39, 0.29) is 11.8 Å². The molecule has 0 unspecified atom stereocenters. The number of anilines is 2. The van der Waals surface area contributed by atoms with Crippen LogP contribution in [0, 0.1) is 0 Å². The largest absolute Gasteiger partial charge is 0.322 e. The van der Waals surface area contributed by atoms with E-state index < -0.39 is 0 Å². The zero-order valence-corrected chi connectivity index (χ0v) is 11.0. The highest BCUT2D eigenvalue weighted by Gasteiger charge is 2.22. The Balaban J connectivity index is 1.80. The maximum absolute atomic E-state index is 11.9. The number of amides is 2. The maximum atomic E-state index is 11.9. The van der Waals surface area contributed by atoms with Crippen LogP contribution < -0.4 is 10.2 Å². The topological polar surface area (TPSA) is 78.1 Å². The Morgan fingerprint density at radius 2 is 2.25 bits per heavy atom. The Morgan fingerprint density at radius 1 is 1.40 bits per heavy atom. The summed E-state index contributed by atoms with van der Waals surface area (Å²) in [5.74, 6) is -0.168. The van der Waals surface area contributed by atoms with Crippen molar-refractivity contribution in [3.05, 3.63) is 41.7 Å². The van der Waals surface area contributed by atoms with Crippen molar-refractivity contribution in [2.75, 3.05) is 16.8 Å². The van der Waals surface area contributed by atoms with E-state index in [1.54, 1.807) is 24.1 Å². The molecule has 2 N–H and O–H groups in total. The number of rotatable bonds is 2. The molecule has 0 saturated heterocycles. The summed E-state index contributed by atoms with van der Waals surface area (Å²) in [6.07, 6.45) is 3.82. The van der Waals surface area contributed by atoms with Gasteiger partial charge in [0.05, 0.1) is 11.8 Å². The summed E-state index contributed by atoms with van der Waals surface area (Å²) in [5, 5.41) is 9.16. The molecule has 0 bridgehead atoms. The fourth-order valence-corrected chi connectivity index (χ4v) is 2.38. The minimum atomic E-state index is -0.208. The number of hydrogen-bond acceptors (Lipinski definition) is 3. The van der Waals surface area contributed by atoms with Crippen molar-refractivity contribution >= 4 is 23.2 Å². The predicted octanol–water partition coefficient (Wildman–Crippen LogP) is 1.57. The summed E-state index contributed by atoms with van der Waals surface area (Å²) >= 11 is 0. The van der Waals surface area contributed by atoms with E-state index in [0.29, 0.717) is 12.1 Å². The third-order valence-corrected chi connectivity index (χ3v) is 3.37. The van der Waals surface area contributed by atoms with Crippen LogP contribution >= 0.6 is 0 Å². The number of carbonyl (C=O) groups excluding carboxylic acids is 2. The van der Waals surface area contributed by atoms with E-state index >= 15 is 0 Å². The molecular weight excluding hydrogens is 256 g/mol. The number of benzene rings is 1. The molecule has 102 valence electrons. The smallest absolute Gasteiger partial charge is 0.258 e. The average molecular weight is 270 g/mol. The summed E-state index contributed by atoms with van der Waals surface area (Å²) in [6.45, 7) is 2.26. The predicted molar refractivity (Wildman–Crippen MR) is 74.7 cm³/mol. The number of aromatic amines is 1. The first-order valence-electron chi connectivity index (χ1n) is 6.36. The molecule has 1 aliphatic heterocycles. The third-order valence-electron chi connectivity index (χ3n) is 3.37. The molecule has 0 saturated carbocycles. The molecule has 0 spiro atoms. The second-order valence-electron chi connectivity index (χ2n) is 4.71. The molecule has 0 aliphatic carbocycles. The Kier molecular flexibility index (Phi) is 2.98. The second-order valence-corrected chi connectivity index (χ2v) is 4.71. The quantitative estimate of drug-likeness (QED) is 0.869.